The van der Waals surface area contributed by atoms with Crippen LogP contribution in [0.5, 0.6) is 0 Å². The molecule has 1 aliphatic rings. The molecule has 17 heavy (non-hydrogen) atoms. The highest BCUT2D eigenvalue weighted by molar-refractivity contribution is 5.54. The van der Waals surface area contributed by atoms with Crippen LogP contribution in [-0.2, 0) is 4.74 Å². The van der Waals surface area contributed by atoms with Crippen LogP contribution in [0.25, 0.3) is 0 Å². The molecule has 0 aromatic carbocycles. The quantitative estimate of drug-likeness (QED) is 0.871. The highest BCUT2D eigenvalue weighted by atomic mass is 16.5. The zero-order valence-corrected chi connectivity index (χ0v) is 10.6. The Hall–Kier alpha value is -1.29. The van der Waals surface area contributed by atoms with E-state index < -0.39 is 0 Å². The third-order valence-electron chi connectivity index (χ3n) is 2.92. The molecule has 1 aromatic rings. The maximum atomic E-state index is 5.66. The lowest BCUT2D eigenvalue weighted by molar-refractivity contribution is 0.0821. The van der Waals surface area contributed by atoms with E-state index in [1.54, 1.807) is 0 Å². The summed E-state index contributed by atoms with van der Waals surface area (Å²) in [6.45, 7) is 7.98. The smallest absolute Gasteiger partial charge is 0.127 e. The maximum Gasteiger partial charge on any atom is 0.127 e. The van der Waals surface area contributed by atoms with E-state index in [1.165, 1.54) is 5.69 Å². The van der Waals surface area contributed by atoms with Crippen LogP contribution in [0.3, 0.4) is 0 Å². The van der Waals surface area contributed by atoms with E-state index in [-0.39, 0.29) is 0 Å². The van der Waals surface area contributed by atoms with Crippen molar-refractivity contribution in [2.24, 2.45) is 0 Å². The molecule has 0 saturated carbocycles. The van der Waals surface area contributed by atoms with Crippen molar-refractivity contribution in [1.82, 2.24) is 4.98 Å². The number of nitrogens with zero attached hydrogens (tertiary/aromatic N) is 2. The van der Waals surface area contributed by atoms with Gasteiger partial charge in [-0.3, -0.25) is 0 Å². The molecule has 1 aliphatic heterocycles. The predicted molar refractivity (Wildman–Crippen MR) is 70.6 cm³/mol. The Labute approximate surface area is 103 Å². The van der Waals surface area contributed by atoms with Crippen LogP contribution in [-0.4, -0.2) is 37.3 Å². The monoisotopic (exact) mass is 235 g/mol. The van der Waals surface area contributed by atoms with Crippen LogP contribution in [0.2, 0.25) is 0 Å². The molecule has 2 heterocycles. The van der Waals surface area contributed by atoms with Crippen molar-refractivity contribution >= 4 is 11.5 Å². The van der Waals surface area contributed by atoms with Crippen molar-refractivity contribution < 1.29 is 4.74 Å². The SMILES string of the molecule is CCNc1cc(N2CCCOC(C)C2)ccn1. The Morgan fingerprint density at radius 1 is 1.59 bits per heavy atom. The van der Waals surface area contributed by atoms with Crippen molar-refractivity contribution in [1.29, 1.82) is 0 Å². The summed E-state index contributed by atoms with van der Waals surface area (Å²) in [5.41, 5.74) is 1.23. The lowest BCUT2D eigenvalue weighted by Crippen LogP contribution is -2.30. The summed E-state index contributed by atoms with van der Waals surface area (Å²) in [6, 6.07) is 4.18. The van der Waals surface area contributed by atoms with Crippen LogP contribution in [0.1, 0.15) is 20.3 Å². The highest BCUT2D eigenvalue weighted by Crippen LogP contribution is 2.19. The number of hydrogen-bond acceptors (Lipinski definition) is 4. The number of ether oxygens (including phenoxy) is 1. The number of nitrogens with one attached hydrogen (secondary N) is 1. The largest absolute Gasteiger partial charge is 0.377 e. The first-order valence-corrected chi connectivity index (χ1v) is 6.36. The van der Waals surface area contributed by atoms with Crippen molar-refractivity contribution in [2.45, 2.75) is 26.4 Å². The van der Waals surface area contributed by atoms with Crippen molar-refractivity contribution in [3.8, 4) is 0 Å². The van der Waals surface area contributed by atoms with Crippen molar-refractivity contribution in [3.63, 3.8) is 0 Å². The van der Waals surface area contributed by atoms with E-state index in [0.29, 0.717) is 6.10 Å². The normalized spacial score (nSPS) is 21.1. The van der Waals surface area contributed by atoms with E-state index in [2.05, 4.69) is 41.2 Å². The van der Waals surface area contributed by atoms with Gasteiger partial charge < -0.3 is 15.0 Å². The van der Waals surface area contributed by atoms with Gasteiger partial charge in [0.15, 0.2) is 0 Å². The van der Waals surface area contributed by atoms with Gasteiger partial charge in [0.05, 0.1) is 6.10 Å². The summed E-state index contributed by atoms with van der Waals surface area (Å²) in [4.78, 5) is 6.67. The fourth-order valence-electron chi connectivity index (χ4n) is 2.12. The molecule has 4 nitrogen and oxygen atoms in total. The van der Waals surface area contributed by atoms with Gasteiger partial charge in [0.2, 0.25) is 0 Å². The van der Waals surface area contributed by atoms with Gasteiger partial charge >= 0.3 is 0 Å². The fourth-order valence-corrected chi connectivity index (χ4v) is 2.12. The maximum absolute atomic E-state index is 5.66. The fraction of sp³-hybridized carbons (Fsp3) is 0.615. The minimum Gasteiger partial charge on any atom is -0.377 e. The van der Waals surface area contributed by atoms with Gasteiger partial charge in [0.1, 0.15) is 5.82 Å². The minimum atomic E-state index is 0.299. The second-order valence-electron chi connectivity index (χ2n) is 4.41. The number of rotatable bonds is 3. The Bertz CT molecular complexity index is 356. The van der Waals surface area contributed by atoms with Gasteiger partial charge in [-0.2, -0.15) is 0 Å². The molecule has 4 heteroatoms. The van der Waals surface area contributed by atoms with Crippen LogP contribution in [0.15, 0.2) is 18.3 Å². The average molecular weight is 235 g/mol. The number of anilines is 2. The zero-order valence-electron chi connectivity index (χ0n) is 10.6. The summed E-state index contributed by atoms with van der Waals surface area (Å²) in [5, 5.41) is 3.24. The van der Waals surface area contributed by atoms with E-state index >= 15 is 0 Å². The molecule has 0 spiro atoms. The van der Waals surface area contributed by atoms with Gasteiger partial charge in [0.25, 0.3) is 0 Å². The highest BCUT2D eigenvalue weighted by Gasteiger charge is 2.15. The van der Waals surface area contributed by atoms with Crippen LogP contribution in [0, 0.1) is 0 Å². The van der Waals surface area contributed by atoms with E-state index in [4.69, 9.17) is 4.74 Å². The first-order chi connectivity index (χ1) is 8.29. The zero-order chi connectivity index (χ0) is 12.1. The van der Waals surface area contributed by atoms with Crippen molar-refractivity contribution in [2.75, 3.05) is 36.5 Å². The third kappa shape index (κ3) is 3.33. The Kier molecular flexibility index (Phi) is 4.20. The number of aromatic nitrogens is 1. The van der Waals surface area contributed by atoms with E-state index in [0.717, 1.165) is 38.5 Å². The molecule has 0 bridgehead atoms. The molecule has 2 rings (SSSR count). The van der Waals surface area contributed by atoms with E-state index in [1.807, 2.05) is 6.20 Å². The molecular formula is C13H21N3O. The summed E-state index contributed by atoms with van der Waals surface area (Å²) < 4.78 is 5.66. The summed E-state index contributed by atoms with van der Waals surface area (Å²) in [6.07, 6.45) is 3.25. The first-order valence-electron chi connectivity index (χ1n) is 6.36. The summed E-state index contributed by atoms with van der Waals surface area (Å²) >= 11 is 0. The summed E-state index contributed by atoms with van der Waals surface area (Å²) in [7, 11) is 0. The molecule has 0 aliphatic carbocycles. The minimum absolute atomic E-state index is 0.299. The Morgan fingerprint density at radius 2 is 2.47 bits per heavy atom. The van der Waals surface area contributed by atoms with Crippen LogP contribution >= 0.6 is 0 Å². The molecule has 1 atom stereocenters. The molecule has 1 saturated heterocycles. The molecular weight excluding hydrogens is 214 g/mol. The second-order valence-corrected chi connectivity index (χ2v) is 4.41. The van der Waals surface area contributed by atoms with Gasteiger partial charge in [0, 0.05) is 44.2 Å². The van der Waals surface area contributed by atoms with Crippen molar-refractivity contribution in [3.05, 3.63) is 18.3 Å². The molecule has 1 N–H and O–H groups in total. The number of hydrogen-bond donors (Lipinski definition) is 1. The molecule has 94 valence electrons. The predicted octanol–water partition coefficient (Wildman–Crippen LogP) is 2.13. The van der Waals surface area contributed by atoms with Gasteiger partial charge in [-0.15, -0.1) is 0 Å². The molecule has 0 radical (unpaired) electrons. The lowest BCUT2D eigenvalue weighted by atomic mass is 10.3. The molecule has 1 fully saturated rings. The second kappa shape index (κ2) is 5.87. The summed E-state index contributed by atoms with van der Waals surface area (Å²) in [5.74, 6) is 0.947. The van der Waals surface area contributed by atoms with Gasteiger partial charge in [-0.1, -0.05) is 0 Å². The molecule has 1 aromatic heterocycles. The first kappa shape index (κ1) is 12.2. The molecule has 0 amide bonds. The van der Waals surface area contributed by atoms with Crippen LogP contribution in [0.4, 0.5) is 11.5 Å². The Balaban J connectivity index is 2.11. The standard InChI is InChI=1S/C13H21N3O/c1-3-14-13-9-12(5-6-15-13)16-7-4-8-17-11(2)10-16/h5-6,9,11H,3-4,7-8,10H2,1-2H3,(H,14,15). The third-order valence-corrected chi connectivity index (χ3v) is 2.92. The number of pyridine rings is 1. The Morgan fingerprint density at radius 3 is 3.29 bits per heavy atom. The van der Waals surface area contributed by atoms with E-state index in [9.17, 15) is 0 Å². The lowest BCUT2D eigenvalue weighted by Gasteiger charge is -2.24. The molecule has 1 unspecified atom stereocenters. The topological polar surface area (TPSA) is 37.4 Å². The van der Waals surface area contributed by atoms with Crippen LogP contribution < -0.4 is 10.2 Å². The van der Waals surface area contributed by atoms with Gasteiger partial charge in [-0.25, -0.2) is 4.98 Å². The van der Waals surface area contributed by atoms with Gasteiger partial charge in [-0.05, 0) is 26.3 Å². The average Bonchev–Trinajstić information content (AvgIpc) is 2.55.